The predicted molar refractivity (Wildman–Crippen MR) is 17.7 cm³/mol. The molecular weight excluding hydrogens is 202 g/mol. The Morgan fingerprint density at radius 2 is 0.800 bits per heavy atom. The van der Waals surface area contributed by atoms with Crippen molar-refractivity contribution in [1.82, 2.24) is 0 Å². The Hall–Kier alpha value is 1.68. The van der Waals surface area contributed by atoms with Crippen LogP contribution in [0.25, 0.3) is 0 Å². The average Bonchev–Trinajstić information content (AvgIpc) is 0. The van der Waals surface area contributed by atoms with Gasteiger partial charge in [0.25, 0.3) is 0 Å². The molecule has 0 N–H and O–H groups in total. The Kier molecular flexibility index (Phi) is 673. The first-order chi connectivity index (χ1) is 0. The molecule has 0 saturated carbocycles. The predicted octanol–water partition coefficient (Wildman–Crippen LogP) is -7.00. The van der Waals surface area contributed by atoms with Gasteiger partial charge in [-0.25, -0.2) is 0 Å². The second kappa shape index (κ2) is 44.1. The molecule has 0 aliphatic heterocycles. The van der Waals surface area contributed by atoms with Gasteiger partial charge in [-0.05, 0) is 11.0 Å². The standard InChI is InChI=1S/CH3.2ClH.H4Si.Zr/h1H3;2*1H;1H4;/q-1;;;;+3/p-2. The number of hydrogen-bond donors (Lipinski definition) is 0. The zero-order valence-corrected chi connectivity index (χ0v) is 6.23. The van der Waals surface area contributed by atoms with E-state index >= 15 is 0 Å². The first-order valence-electron chi connectivity index (χ1n) is 0. The third-order valence-corrected chi connectivity index (χ3v) is 0. The fourth-order valence-electron chi connectivity index (χ4n) is 0. The molecule has 0 saturated heterocycles. The molecule has 1 radical (unpaired) electrons. The smallest absolute Gasteiger partial charge is 1.00 e. The Balaban J connectivity index is 0. The summed E-state index contributed by atoms with van der Waals surface area (Å²) in [6.07, 6.45) is 0. The van der Waals surface area contributed by atoms with Crippen molar-refractivity contribution in [2.45, 2.75) is 0 Å². The van der Waals surface area contributed by atoms with E-state index in [1.54, 1.807) is 0 Å². The Morgan fingerprint density at radius 1 is 0.800 bits per heavy atom. The fourth-order valence-corrected chi connectivity index (χ4v) is 0. The SMILES string of the molecule is [CH3-].[Cl-].[Cl-].[SiH4].[Zr+3]. The van der Waals surface area contributed by atoms with Gasteiger partial charge in [0.05, 0.1) is 0 Å². The summed E-state index contributed by atoms with van der Waals surface area (Å²) in [7, 11) is 0. The van der Waals surface area contributed by atoms with E-state index in [4.69, 9.17) is 0 Å². The van der Waals surface area contributed by atoms with Crippen molar-refractivity contribution < 1.29 is 51.0 Å². The van der Waals surface area contributed by atoms with Gasteiger partial charge in [0, 0.05) is 0 Å². The summed E-state index contributed by atoms with van der Waals surface area (Å²) in [6.45, 7) is 0. The largest absolute Gasteiger partial charge is 3.00 e. The summed E-state index contributed by atoms with van der Waals surface area (Å²) < 4.78 is 0. The van der Waals surface area contributed by atoms with E-state index in [9.17, 15) is 0 Å². The van der Waals surface area contributed by atoms with Crippen molar-refractivity contribution in [3.8, 4) is 0 Å². The van der Waals surface area contributed by atoms with Gasteiger partial charge in [0.1, 0.15) is 0 Å². The summed E-state index contributed by atoms with van der Waals surface area (Å²) in [5.74, 6) is 0. The summed E-state index contributed by atoms with van der Waals surface area (Å²) >= 11 is 0. The van der Waals surface area contributed by atoms with Crippen LogP contribution in [0.15, 0.2) is 0 Å². The molecule has 33 valence electrons. The van der Waals surface area contributed by atoms with Crippen molar-refractivity contribution in [1.29, 1.82) is 0 Å². The minimum atomic E-state index is 0. The summed E-state index contributed by atoms with van der Waals surface area (Å²) in [5.41, 5.74) is 0. The average molecular weight is 209 g/mol. The van der Waals surface area contributed by atoms with Gasteiger partial charge in [0.15, 0.2) is 0 Å². The molecule has 0 bridgehead atoms. The number of hydrogen-bond acceptors (Lipinski definition) is 0. The Morgan fingerprint density at radius 3 is 0.800 bits per heavy atom. The molecule has 0 aromatic heterocycles. The van der Waals surface area contributed by atoms with Crippen LogP contribution in [-0.2, 0) is 26.2 Å². The molecule has 0 fully saturated rings. The molecule has 4 heteroatoms. The maximum absolute atomic E-state index is 0. The molecule has 0 aliphatic rings. The van der Waals surface area contributed by atoms with E-state index in [-0.39, 0.29) is 69.4 Å². The van der Waals surface area contributed by atoms with E-state index in [1.165, 1.54) is 0 Å². The van der Waals surface area contributed by atoms with Crippen LogP contribution in [-0.4, -0.2) is 11.0 Å². The van der Waals surface area contributed by atoms with Crippen LogP contribution in [0.2, 0.25) is 0 Å². The fraction of sp³-hybridized carbons (Fsp3) is 0. The topological polar surface area (TPSA) is 0 Å². The first kappa shape index (κ1) is 76.4. The molecule has 5 heavy (non-hydrogen) atoms. The first-order valence-corrected chi connectivity index (χ1v) is 0. The molecular formula is CH7Cl2SiZr. The second-order valence-electron chi connectivity index (χ2n) is 0. The van der Waals surface area contributed by atoms with Crippen molar-refractivity contribution in [3.05, 3.63) is 7.43 Å². The van der Waals surface area contributed by atoms with Crippen LogP contribution in [0.4, 0.5) is 0 Å². The Bertz CT molecular complexity index is 9.61. The normalized spacial score (nSPS) is 0. The van der Waals surface area contributed by atoms with Crippen LogP contribution in [0.5, 0.6) is 0 Å². The van der Waals surface area contributed by atoms with Gasteiger partial charge >= 0.3 is 26.2 Å². The van der Waals surface area contributed by atoms with E-state index in [0.717, 1.165) is 0 Å². The summed E-state index contributed by atoms with van der Waals surface area (Å²) in [5, 5.41) is 0. The van der Waals surface area contributed by atoms with Crippen molar-refractivity contribution in [3.63, 3.8) is 0 Å². The second-order valence-corrected chi connectivity index (χ2v) is 0. The molecule has 0 aliphatic carbocycles. The molecule has 0 aromatic rings. The van der Waals surface area contributed by atoms with Gasteiger partial charge in [-0.2, -0.15) is 0 Å². The van der Waals surface area contributed by atoms with Gasteiger partial charge in [-0.15, -0.1) is 0 Å². The van der Waals surface area contributed by atoms with Crippen molar-refractivity contribution in [2.75, 3.05) is 0 Å². The minimum Gasteiger partial charge on any atom is -1.00 e. The molecule has 0 unspecified atom stereocenters. The zero-order chi connectivity index (χ0) is 0. The maximum atomic E-state index is 0. The molecule has 0 atom stereocenters. The van der Waals surface area contributed by atoms with Gasteiger partial charge < -0.3 is 32.2 Å². The van der Waals surface area contributed by atoms with Crippen molar-refractivity contribution in [2.24, 2.45) is 0 Å². The number of rotatable bonds is 0. The third kappa shape index (κ3) is 27.3. The van der Waals surface area contributed by atoms with Crippen LogP contribution in [0.1, 0.15) is 0 Å². The monoisotopic (exact) mass is 207 g/mol. The molecule has 0 heterocycles. The molecule has 0 aromatic carbocycles. The zero-order valence-electron chi connectivity index (χ0n) is 2.26. The number of halogens is 2. The van der Waals surface area contributed by atoms with Gasteiger partial charge in [0.2, 0.25) is 0 Å². The Labute approximate surface area is 69.1 Å². The summed E-state index contributed by atoms with van der Waals surface area (Å²) in [6, 6.07) is 0. The quantitative estimate of drug-likeness (QED) is 0.275. The third-order valence-electron chi connectivity index (χ3n) is 0. The van der Waals surface area contributed by atoms with Gasteiger partial charge in [-0.3, -0.25) is 0 Å². The summed E-state index contributed by atoms with van der Waals surface area (Å²) in [4.78, 5) is 0. The van der Waals surface area contributed by atoms with Crippen molar-refractivity contribution >= 4 is 11.0 Å². The molecule has 0 rings (SSSR count). The van der Waals surface area contributed by atoms with Gasteiger partial charge in [-0.1, -0.05) is 0 Å². The van der Waals surface area contributed by atoms with E-state index in [2.05, 4.69) is 0 Å². The maximum Gasteiger partial charge on any atom is 3.00 e. The molecule has 0 amide bonds. The van der Waals surface area contributed by atoms with Crippen LogP contribution >= 0.6 is 0 Å². The van der Waals surface area contributed by atoms with E-state index < -0.39 is 0 Å². The van der Waals surface area contributed by atoms with E-state index in [0.29, 0.717) is 0 Å². The van der Waals surface area contributed by atoms with Crippen LogP contribution in [0, 0.1) is 7.43 Å². The van der Waals surface area contributed by atoms with Crippen LogP contribution in [0.3, 0.4) is 0 Å². The van der Waals surface area contributed by atoms with E-state index in [1.807, 2.05) is 0 Å². The van der Waals surface area contributed by atoms with Crippen LogP contribution < -0.4 is 24.8 Å². The minimum absolute atomic E-state index is 0. The molecule has 0 nitrogen and oxygen atoms in total. The molecule has 0 spiro atoms.